The normalized spacial score (nSPS) is 10.5. The number of rotatable bonds is 5. The minimum absolute atomic E-state index is 0.802. The van der Waals surface area contributed by atoms with Crippen molar-refractivity contribution >= 4 is 11.4 Å². The molecule has 1 aromatic carbocycles. The molecule has 2 rings (SSSR count). The molecule has 1 N–H and O–H groups in total. The SMILES string of the molecule is CCn1cc(CNc2ccc(C)c(N(C)C)c2)cn1. The summed E-state index contributed by atoms with van der Waals surface area (Å²) in [5, 5.41) is 7.72. The van der Waals surface area contributed by atoms with E-state index in [2.05, 4.69) is 67.7 Å². The van der Waals surface area contributed by atoms with Crippen LogP contribution < -0.4 is 10.2 Å². The predicted octanol–water partition coefficient (Wildman–Crippen LogP) is 2.89. The molecule has 102 valence electrons. The van der Waals surface area contributed by atoms with Crippen LogP contribution in [-0.4, -0.2) is 23.9 Å². The molecule has 0 fully saturated rings. The maximum atomic E-state index is 4.28. The summed E-state index contributed by atoms with van der Waals surface area (Å²) in [5.74, 6) is 0. The van der Waals surface area contributed by atoms with Crippen LogP contribution in [-0.2, 0) is 13.1 Å². The van der Waals surface area contributed by atoms with Gasteiger partial charge >= 0.3 is 0 Å². The van der Waals surface area contributed by atoms with Gasteiger partial charge in [0.25, 0.3) is 0 Å². The summed E-state index contributed by atoms with van der Waals surface area (Å²) in [4.78, 5) is 2.13. The molecule has 0 aliphatic heterocycles. The van der Waals surface area contributed by atoms with Gasteiger partial charge in [-0.25, -0.2) is 0 Å². The van der Waals surface area contributed by atoms with Crippen molar-refractivity contribution in [3.63, 3.8) is 0 Å². The maximum absolute atomic E-state index is 4.28. The van der Waals surface area contributed by atoms with Gasteiger partial charge in [-0.05, 0) is 31.5 Å². The highest BCUT2D eigenvalue weighted by atomic mass is 15.3. The second-order valence-corrected chi connectivity index (χ2v) is 4.95. The minimum atomic E-state index is 0.802. The molecule has 19 heavy (non-hydrogen) atoms. The molecule has 0 aliphatic rings. The third-order valence-corrected chi connectivity index (χ3v) is 3.20. The molecular formula is C15H22N4. The summed E-state index contributed by atoms with van der Waals surface area (Å²) in [5.41, 5.74) is 4.87. The van der Waals surface area contributed by atoms with Crippen LogP contribution in [0.3, 0.4) is 0 Å². The van der Waals surface area contributed by atoms with Gasteiger partial charge in [-0.15, -0.1) is 0 Å². The van der Waals surface area contributed by atoms with Crippen LogP contribution in [0.2, 0.25) is 0 Å². The number of nitrogens with zero attached hydrogens (tertiary/aromatic N) is 3. The van der Waals surface area contributed by atoms with Gasteiger partial charge in [0.05, 0.1) is 6.20 Å². The minimum Gasteiger partial charge on any atom is -0.381 e. The molecule has 0 atom stereocenters. The van der Waals surface area contributed by atoms with E-state index in [0.717, 1.165) is 18.8 Å². The van der Waals surface area contributed by atoms with Crippen molar-refractivity contribution in [1.29, 1.82) is 0 Å². The lowest BCUT2D eigenvalue weighted by atomic mass is 10.1. The largest absolute Gasteiger partial charge is 0.381 e. The molecule has 0 saturated heterocycles. The Morgan fingerprint density at radius 3 is 2.74 bits per heavy atom. The van der Waals surface area contributed by atoms with Crippen LogP contribution in [0, 0.1) is 6.92 Å². The van der Waals surface area contributed by atoms with Gasteiger partial charge < -0.3 is 10.2 Å². The van der Waals surface area contributed by atoms with Crippen molar-refractivity contribution in [2.45, 2.75) is 26.9 Å². The second kappa shape index (κ2) is 5.78. The number of hydrogen-bond donors (Lipinski definition) is 1. The molecule has 0 saturated carbocycles. The van der Waals surface area contributed by atoms with Gasteiger partial charge in [0.2, 0.25) is 0 Å². The fourth-order valence-corrected chi connectivity index (χ4v) is 2.08. The van der Waals surface area contributed by atoms with E-state index in [9.17, 15) is 0 Å². The number of anilines is 2. The Balaban J connectivity index is 2.05. The summed E-state index contributed by atoms with van der Waals surface area (Å²) < 4.78 is 1.94. The molecular weight excluding hydrogens is 236 g/mol. The average Bonchev–Trinajstić information content (AvgIpc) is 2.85. The lowest BCUT2D eigenvalue weighted by molar-refractivity contribution is 0.659. The van der Waals surface area contributed by atoms with Crippen molar-refractivity contribution in [3.8, 4) is 0 Å². The zero-order valence-corrected chi connectivity index (χ0v) is 12.1. The van der Waals surface area contributed by atoms with Crippen LogP contribution in [0.1, 0.15) is 18.1 Å². The van der Waals surface area contributed by atoms with Crippen LogP contribution in [0.5, 0.6) is 0 Å². The number of nitrogens with one attached hydrogen (secondary N) is 1. The summed E-state index contributed by atoms with van der Waals surface area (Å²) in [6.45, 7) is 5.93. The molecule has 1 aromatic heterocycles. The number of hydrogen-bond acceptors (Lipinski definition) is 3. The zero-order chi connectivity index (χ0) is 13.8. The maximum Gasteiger partial charge on any atom is 0.0539 e. The third kappa shape index (κ3) is 3.28. The average molecular weight is 258 g/mol. The highest BCUT2D eigenvalue weighted by molar-refractivity contribution is 5.61. The van der Waals surface area contributed by atoms with E-state index in [1.807, 2.05) is 10.9 Å². The molecule has 0 spiro atoms. The molecule has 4 nitrogen and oxygen atoms in total. The standard InChI is InChI=1S/C15H22N4/c1-5-19-11-13(10-17-19)9-16-14-7-6-12(2)15(8-14)18(3)4/h6-8,10-11,16H,5,9H2,1-4H3. The molecule has 0 amide bonds. The van der Waals surface area contributed by atoms with Gasteiger partial charge in [0.1, 0.15) is 0 Å². The first kappa shape index (κ1) is 13.5. The summed E-state index contributed by atoms with van der Waals surface area (Å²) >= 11 is 0. The van der Waals surface area contributed by atoms with E-state index >= 15 is 0 Å². The fraction of sp³-hybridized carbons (Fsp3) is 0.400. The Hall–Kier alpha value is -1.97. The van der Waals surface area contributed by atoms with Crippen LogP contribution >= 0.6 is 0 Å². The van der Waals surface area contributed by atoms with Crippen LogP contribution in [0.25, 0.3) is 0 Å². The van der Waals surface area contributed by atoms with E-state index in [1.54, 1.807) is 0 Å². The van der Waals surface area contributed by atoms with Gasteiger partial charge in [-0.3, -0.25) is 4.68 Å². The second-order valence-electron chi connectivity index (χ2n) is 4.95. The quantitative estimate of drug-likeness (QED) is 0.895. The molecule has 0 radical (unpaired) electrons. The topological polar surface area (TPSA) is 33.1 Å². The summed E-state index contributed by atoms with van der Waals surface area (Å²) in [7, 11) is 4.13. The van der Waals surface area contributed by atoms with Crippen molar-refractivity contribution in [3.05, 3.63) is 41.7 Å². The Bertz CT molecular complexity index is 543. The fourth-order valence-electron chi connectivity index (χ4n) is 2.08. The number of aryl methyl sites for hydroxylation is 2. The van der Waals surface area contributed by atoms with Crippen molar-refractivity contribution in [2.75, 3.05) is 24.3 Å². The highest BCUT2D eigenvalue weighted by Crippen LogP contribution is 2.22. The van der Waals surface area contributed by atoms with E-state index in [0.29, 0.717) is 0 Å². The van der Waals surface area contributed by atoms with Gasteiger partial charge in [-0.2, -0.15) is 5.10 Å². The van der Waals surface area contributed by atoms with Gasteiger partial charge in [0.15, 0.2) is 0 Å². The van der Waals surface area contributed by atoms with Crippen LogP contribution in [0.4, 0.5) is 11.4 Å². The Morgan fingerprint density at radius 1 is 1.32 bits per heavy atom. The third-order valence-electron chi connectivity index (χ3n) is 3.20. The lowest BCUT2D eigenvalue weighted by Gasteiger charge is -2.17. The first-order valence-corrected chi connectivity index (χ1v) is 6.63. The first-order chi connectivity index (χ1) is 9.10. The molecule has 0 bridgehead atoms. The summed E-state index contributed by atoms with van der Waals surface area (Å²) in [6, 6.07) is 6.44. The van der Waals surface area contributed by atoms with Gasteiger partial charge in [-0.1, -0.05) is 6.07 Å². The van der Waals surface area contributed by atoms with E-state index in [1.165, 1.54) is 16.8 Å². The summed E-state index contributed by atoms with van der Waals surface area (Å²) in [6.07, 6.45) is 3.99. The molecule has 0 aliphatic carbocycles. The van der Waals surface area contributed by atoms with E-state index in [-0.39, 0.29) is 0 Å². The Kier molecular flexibility index (Phi) is 4.10. The van der Waals surface area contributed by atoms with Gasteiger partial charge in [0, 0.05) is 50.3 Å². The molecule has 1 heterocycles. The number of benzene rings is 1. The molecule has 2 aromatic rings. The van der Waals surface area contributed by atoms with Crippen molar-refractivity contribution in [1.82, 2.24) is 9.78 Å². The lowest BCUT2D eigenvalue weighted by Crippen LogP contribution is -2.10. The number of aromatic nitrogens is 2. The molecule has 0 unspecified atom stereocenters. The monoisotopic (exact) mass is 258 g/mol. The predicted molar refractivity (Wildman–Crippen MR) is 80.7 cm³/mol. The van der Waals surface area contributed by atoms with Crippen LogP contribution in [0.15, 0.2) is 30.6 Å². The zero-order valence-electron chi connectivity index (χ0n) is 12.1. The first-order valence-electron chi connectivity index (χ1n) is 6.63. The van der Waals surface area contributed by atoms with Crippen molar-refractivity contribution in [2.24, 2.45) is 0 Å². The van der Waals surface area contributed by atoms with E-state index in [4.69, 9.17) is 0 Å². The van der Waals surface area contributed by atoms with Crippen molar-refractivity contribution < 1.29 is 0 Å². The molecule has 4 heteroatoms. The van der Waals surface area contributed by atoms with E-state index < -0.39 is 0 Å². The Labute approximate surface area is 115 Å². The Morgan fingerprint density at radius 2 is 2.11 bits per heavy atom. The highest BCUT2D eigenvalue weighted by Gasteiger charge is 2.03. The smallest absolute Gasteiger partial charge is 0.0539 e.